The van der Waals surface area contributed by atoms with Crippen LogP contribution in [0, 0.1) is 0 Å². The maximum absolute atomic E-state index is 11.7. The van der Waals surface area contributed by atoms with Gasteiger partial charge in [0.05, 0.1) is 22.9 Å². The van der Waals surface area contributed by atoms with Gasteiger partial charge in [-0.05, 0) is 66.2 Å². The van der Waals surface area contributed by atoms with Gasteiger partial charge in [0.15, 0.2) is 10.5 Å². The molecule has 1 aliphatic rings. The number of aromatic nitrogens is 3. The first-order valence-electron chi connectivity index (χ1n) is 11.6. The van der Waals surface area contributed by atoms with Crippen molar-refractivity contribution in [3.63, 3.8) is 0 Å². The number of nitrogens with one attached hydrogen (secondary N) is 1. The molecule has 0 saturated carbocycles. The average Bonchev–Trinajstić information content (AvgIpc) is 3.31. The summed E-state index contributed by atoms with van der Waals surface area (Å²) in [6, 6.07) is 18.9. The van der Waals surface area contributed by atoms with Crippen LogP contribution in [0.1, 0.15) is 18.4 Å². The lowest BCUT2D eigenvalue weighted by atomic mass is 9.84. The summed E-state index contributed by atoms with van der Waals surface area (Å²) in [5.74, 6) is 0. The van der Waals surface area contributed by atoms with Crippen molar-refractivity contribution in [1.82, 2.24) is 26.1 Å². The Bertz CT molecular complexity index is 1580. The van der Waals surface area contributed by atoms with Gasteiger partial charge in [0, 0.05) is 28.9 Å². The number of hydrogen-bond acceptors (Lipinski definition) is 7. The maximum atomic E-state index is 11.7. The molecule has 0 radical (unpaired) electrons. The second-order valence-electron chi connectivity index (χ2n) is 8.96. The molecule has 8 nitrogen and oxygen atoms in total. The standard InChI is InChI=1S/C27H24N4O3S.H3N/c32-27(11-13-28-14-12-27)20-7-5-18(6-8-20)19-15-29-26-24(16-30-31(26)17-19)22-9-10-25(35(33)34)23-4-2-1-3-21(22)23;/h1-10,15-17,28,32,35H,11-14H2;1H3. The highest BCUT2D eigenvalue weighted by atomic mass is 32.2. The summed E-state index contributed by atoms with van der Waals surface area (Å²) in [5.41, 5.74) is 4.49. The van der Waals surface area contributed by atoms with E-state index in [1.807, 2.05) is 67.0 Å². The summed E-state index contributed by atoms with van der Waals surface area (Å²) >= 11 is -2.70. The monoisotopic (exact) mass is 501 g/mol. The number of thiol groups is 1. The van der Waals surface area contributed by atoms with Crippen molar-refractivity contribution in [2.75, 3.05) is 13.1 Å². The van der Waals surface area contributed by atoms with Crippen LogP contribution in [0.15, 0.2) is 84.1 Å². The largest absolute Gasteiger partial charge is 0.612 e. The molecule has 0 spiro atoms. The SMILES string of the molecule is N.O=[SH+]([O-])c1ccc(-c2cnn3cc(-c4ccc(C5(O)CCNCC5)cc4)cnc23)c2ccccc12. The van der Waals surface area contributed by atoms with Gasteiger partial charge >= 0.3 is 0 Å². The Morgan fingerprint density at radius 2 is 1.64 bits per heavy atom. The van der Waals surface area contributed by atoms with E-state index in [0.717, 1.165) is 46.3 Å². The van der Waals surface area contributed by atoms with Gasteiger partial charge < -0.3 is 21.1 Å². The lowest BCUT2D eigenvalue weighted by molar-refractivity contribution is 0.00595. The van der Waals surface area contributed by atoms with E-state index >= 15 is 0 Å². The minimum atomic E-state index is -2.70. The molecule has 1 unspecified atom stereocenters. The van der Waals surface area contributed by atoms with Crippen LogP contribution in [0.25, 0.3) is 38.7 Å². The molecule has 0 bridgehead atoms. The van der Waals surface area contributed by atoms with E-state index in [-0.39, 0.29) is 6.15 Å². The molecular weight excluding hydrogens is 474 g/mol. The van der Waals surface area contributed by atoms with Crippen LogP contribution in [0.4, 0.5) is 0 Å². The number of benzene rings is 3. The highest BCUT2D eigenvalue weighted by Gasteiger charge is 2.30. The second kappa shape index (κ2) is 9.53. The van der Waals surface area contributed by atoms with Crippen LogP contribution in [0.5, 0.6) is 0 Å². The predicted molar refractivity (Wildman–Crippen MR) is 141 cm³/mol. The van der Waals surface area contributed by atoms with Gasteiger partial charge in [-0.3, -0.25) is 0 Å². The quantitative estimate of drug-likeness (QED) is 0.249. The minimum Gasteiger partial charge on any atom is -0.612 e. The van der Waals surface area contributed by atoms with Crippen molar-refractivity contribution in [3.05, 3.63) is 84.8 Å². The van der Waals surface area contributed by atoms with Gasteiger partial charge in [0.1, 0.15) is 0 Å². The topological polar surface area (TPSA) is 138 Å². The van der Waals surface area contributed by atoms with Crippen molar-refractivity contribution >= 4 is 27.5 Å². The lowest BCUT2D eigenvalue weighted by Crippen LogP contribution is -2.39. The van der Waals surface area contributed by atoms with E-state index < -0.39 is 16.7 Å². The van der Waals surface area contributed by atoms with Gasteiger partial charge in [-0.2, -0.15) is 5.10 Å². The Balaban J connectivity index is 0.00000267. The van der Waals surface area contributed by atoms with Crippen LogP contribution in [0.2, 0.25) is 0 Å². The third kappa shape index (κ3) is 4.11. The smallest absolute Gasteiger partial charge is 0.162 e. The summed E-state index contributed by atoms with van der Waals surface area (Å²) in [6.07, 6.45) is 6.93. The Kier molecular flexibility index (Phi) is 6.42. The first-order valence-corrected chi connectivity index (χ1v) is 12.8. The highest BCUT2D eigenvalue weighted by Crippen LogP contribution is 2.35. The van der Waals surface area contributed by atoms with E-state index in [9.17, 15) is 13.9 Å². The van der Waals surface area contributed by atoms with Crippen LogP contribution >= 0.6 is 0 Å². The molecule has 2 aromatic heterocycles. The highest BCUT2D eigenvalue weighted by molar-refractivity contribution is 7.79. The van der Waals surface area contributed by atoms with Crippen molar-refractivity contribution in [3.8, 4) is 22.3 Å². The number of piperidine rings is 1. The fourth-order valence-electron chi connectivity index (χ4n) is 4.99. The number of hydrogen-bond donors (Lipinski definition) is 3. The van der Waals surface area contributed by atoms with E-state index in [4.69, 9.17) is 4.98 Å². The molecule has 5 aromatic rings. The molecule has 184 valence electrons. The van der Waals surface area contributed by atoms with Gasteiger partial charge in [0.25, 0.3) is 0 Å². The van der Waals surface area contributed by atoms with Gasteiger partial charge in [-0.15, -0.1) is 4.21 Å². The van der Waals surface area contributed by atoms with E-state index in [2.05, 4.69) is 10.4 Å². The molecule has 0 amide bonds. The number of aliphatic hydroxyl groups is 1. The molecule has 3 heterocycles. The summed E-state index contributed by atoms with van der Waals surface area (Å²) in [4.78, 5) is 5.02. The normalized spacial score (nSPS) is 16.1. The zero-order valence-corrected chi connectivity index (χ0v) is 20.5. The molecule has 36 heavy (non-hydrogen) atoms. The predicted octanol–water partition coefficient (Wildman–Crippen LogP) is 4.13. The summed E-state index contributed by atoms with van der Waals surface area (Å²) in [7, 11) is 0. The molecule has 9 heteroatoms. The number of rotatable bonds is 4. The molecule has 6 rings (SSSR count). The Morgan fingerprint density at radius 1 is 0.917 bits per heavy atom. The van der Waals surface area contributed by atoms with Crippen LogP contribution in [0.3, 0.4) is 0 Å². The minimum absolute atomic E-state index is 0. The van der Waals surface area contributed by atoms with Crippen LogP contribution < -0.4 is 11.5 Å². The third-order valence-electron chi connectivity index (χ3n) is 6.93. The first-order chi connectivity index (χ1) is 17.0. The third-order valence-corrected chi connectivity index (χ3v) is 7.71. The van der Waals surface area contributed by atoms with E-state index in [0.29, 0.717) is 28.8 Å². The summed E-state index contributed by atoms with van der Waals surface area (Å²) in [5, 5.41) is 20.3. The Labute approximate surface area is 210 Å². The first kappa shape index (κ1) is 24.2. The van der Waals surface area contributed by atoms with Gasteiger partial charge in [0.2, 0.25) is 0 Å². The Morgan fingerprint density at radius 3 is 2.36 bits per heavy atom. The second-order valence-corrected chi connectivity index (χ2v) is 9.96. The van der Waals surface area contributed by atoms with Gasteiger partial charge in [-0.25, -0.2) is 9.50 Å². The van der Waals surface area contributed by atoms with Crippen LogP contribution in [-0.2, 0) is 20.9 Å². The molecule has 1 fully saturated rings. The van der Waals surface area contributed by atoms with Gasteiger partial charge in [-0.1, -0.05) is 42.5 Å². The lowest BCUT2D eigenvalue weighted by Gasteiger charge is -2.33. The molecular formula is C27H27N5O3S. The fraction of sp³-hybridized carbons (Fsp3) is 0.185. The van der Waals surface area contributed by atoms with E-state index in [1.54, 1.807) is 16.8 Å². The molecule has 1 saturated heterocycles. The number of nitrogens with zero attached hydrogens (tertiary/aromatic N) is 3. The van der Waals surface area contributed by atoms with Crippen LogP contribution in [-0.4, -0.2) is 37.3 Å². The molecule has 5 N–H and O–H groups in total. The molecule has 1 aliphatic heterocycles. The molecule has 1 atom stereocenters. The average molecular weight is 502 g/mol. The number of fused-ring (bicyclic) bond motifs is 2. The van der Waals surface area contributed by atoms with E-state index in [1.165, 1.54) is 0 Å². The maximum Gasteiger partial charge on any atom is 0.162 e. The Hall–Kier alpha value is -3.47. The van der Waals surface area contributed by atoms with Crippen molar-refractivity contribution in [2.45, 2.75) is 23.3 Å². The summed E-state index contributed by atoms with van der Waals surface area (Å²) < 4.78 is 25.2. The zero-order valence-electron chi connectivity index (χ0n) is 19.6. The van der Waals surface area contributed by atoms with Crippen molar-refractivity contribution in [1.29, 1.82) is 0 Å². The summed E-state index contributed by atoms with van der Waals surface area (Å²) in [6.45, 7) is 1.63. The molecule has 3 aromatic carbocycles. The molecule has 0 aliphatic carbocycles. The van der Waals surface area contributed by atoms with Crippen molar-refractivity contribution < 1.29 is 13.9 Å². The van der Waals surface area contributed by atoms with Crippen molar-refractivity contribution in [2.24, 2.45) is 0 Å². The fourth-order valence-corrected chi connectivity index (χ4v) is 5.58. The zero-order chi connectivity index (χ0) is 24.0.